The molecule has 0 radical (unpaired) electrons. The van der Waals surface area contributed by atoms with Gasteiger partial charge in [-0.05, 0) is 52.9 Å². The summed E-state index contributed by atoms with van der Waals surface area (Å²) >= 11 is 0. The minimum absolute atomic E-state index is 0.129. The van der Waals surface area contributed by atoms with Crippen LogP contribution in [0.15, 0.2) is 48.7 Å². The highest BCUT2D eigenvalue weighted by molar-refractivity contribution is 5.62. The van der Waals surface area contributed by atoms with Crippen LogP contribution in [-0.4, -0.2) is 27.3 Å². The van der Waals surface area contributed by atoms with E-state index in [2.05, 4.69) is 20.8 Å². The summed E-state index contributed by atoms with van der Waals surface area (Å²) < 4.78 is 58.1. The van der Waals surface area contributed by atoms with Gasteiger partial charge in [0.05, 0.1) is 24.0 Å². The van der Waals surface area contributed by atoms with E-state index < -0.39 is 17.6 Å². The number of hydrogen-bond donors (Lipinski definition) is 1. The Labute approximate surface area is 151 Å². The Hall–Kier alpha value is -3.43. The van der Waals surface area contributed by atoms with Gasteiger partial charge in [-0.1, -0.05) is 0 Å². The Morgan fingerprint density at radius 2 is 1.85 bits per heavy atom. The predicted octanol–water partition coefficient (Wildman–Crippen LogP) is 3.91. The molecule has 0 aliphatic heterocycles. The number of benzene rings is 2. The Morgan fingerprint density at radius 1 is 1.11 bits per heavy atom. The summed E-state index contributed by atoms with van der Waals surface area (Å²) in [6.45, 7) is 0. The number of ether oxygens (including phenoxy) is 1. The van der Waals surface area contributed by atoms with Crippen LogP contribution < -0.4 is 10.1 Å². The Balaban J connectivity index is 1.83. The van der Waals surface area contributed by atoms with E-state index in [1.165, 1.54) is 54.4 Å². The number of nitrogens with zero attached hydrogens (tertiary/aromatic N) is 4. The summed E-state index contributed by atoms with van der Waals surface area (Å²) in [5, 5.41) is 13.9. The number of halogens is 4. The molecule has 10 heteroatoms. The highest BCUT2D eigenvalue weighted by Gasteiger charge is 2.31. The fraction of sp³-hybridized carbons (Fsp3) is 0.118. The number of anilines is 1. The molecule has 0 aliphatic carbocycles. The number of aromatic nitrogens is 4. The molecule has 0 spiro atoms. The molecule has 0 saturated heterocycles. The highest BCUT2D eigenvalue weighted by Crippen LogP contribution is 2.34. The van der Waals surface area contributed by atoms with Crippen LogP contribution in [-0.2, 0) is 6.18 Å². The van der Waals surface area contributed by atoms with Gasteiger partial charge >= 0.3 is 6.18 Å². The lowest BCUT2D eigenvalue weighted by atomic mass is 10.2. The molecule has 3 aromatic rings. The maximum atomic E-state index is 13.0. The monoisotopic (exact) mass is 379 g/mol. The number of hydrogen-bond acceptors (Lipinski definition) is 5. The second-order valence-electron chi connectivity index (χ2n) is 5.32. The van der Waals surface area contributed by atoms with E-state index in [-0.39, 0.29) is 11.4 Å². The number of nitrogens with one attached hydrogen (secondary N) is 1. The van der Waals surface area contributed by atoms with Crippen molar-refractivity contribution in [1.82, 2.24) is 20.2 Å². The fourth-order valence-corrected chi connectivity index (χ4v) is 2.27. The zero-order valence-corrected chi connectivity index (χ0v) is 13.9. The summed E-state index contributed by atoms with van der Waals surface area (Å²) in [6.07, 6.45) is -1.63. The van der Waals surface area contributed by atoms with Crippen molar-refractivity contribution in [2.45, 2.75) is 6.18 Å². The van der Waals surface area contributed by atoms with Crippen molar-refractivity contribution in [3.8, 4) is 11.4 Å². The van der Waals surface area contributed by atoms with Gasteiger partial charge < -0.3 is 10.1 Å². The molecule has 3 rings (SSSR count). The van der Waals surface area contributed by atoms with Crippen molar-refractivity contribution < 1.29 is 22.3 Å². The van der Waals surface area contributed by atoms with Gasteiger partial charge in [0.2, 0.25) is 0 Å². The number of methoxy groups -OCH3 is 1. The Morgan fingerprint density at radius 3 is 2.52 bits per heavy atom. The van der Waals surface area contributed by atoms with Crippen LogP contribution in [0.4, 0.5) is 23.2 Å². The van der Waals surface area contributed by atoms with Crippen LogP contribution in [0.3, 0.4) is 0 Å². The van der Waals surface area contributed by atoms with E-state index in [0.717, 1.165) is 12.1 Å². The SMILES string of the molecule is COc1ccc(C(F)(F)F)cc1N/C=C/c1nnnn1-c1ccc(F)cc1. The molecule has 1 N–H and O–H groups in total. The molecule has 0 atom stereocenters. The van der Waals surface area contributed by atoms with E-state index in [1.54, 1.807) is 0 Å². The van der Waals surface area contributed by atoms with E-state index in [9.17, 15) is 17.6 Å². The molecule has 6 nitrogen and oxygen atoms in total. The smallest absolute Gasteiger partial charge is 0.416 e. The van der Waals surface area contributed by atoms with E-state index in [0.29, 0.717) is 11.5 Å². The van der Waals surface area contributed by atoms with E-state index in [1.807, 2.05) is 0 Å². The molecular formula is C17H13F4N5O. The van der Waals surface area contributed by atoms with Crippen LogP contribution in [0.25, 0.3) is 11.8 Å². The van der Waals surface area contributed by atoms with Gasteiger partial charge in [-0.25, -0.2) is 4.39 Å². The molecule has 1 aromatic heterocycles. The molecule has 0 aliphatic rings. The molecule has 0 amide bonds. The van der Waals surface area contributed by atoms with Crippen LogP contribution in [0.1, 0.15) is 11.4 Å². The van der Waals surface area contributed by atoms with Gasteiger partial charge in [-0.3, -0.25) is 0 Å². The molecule has 0 fully saturated rings. The Kier molecular flexibility index (Phi) is 5.06. The lowest BCUT2D eigenvalue weighted by Gasteiger charge is -2.12. The van der Waals surface area contributed by atoms with Crippen LogP contribution in [0.2, 0.25) is 0 Å². The topological polar surface area (TPSA) is 64.9 Å². The largest absolute Gasteiger partial charge is 0.495 e. The predicted molar refractivity (Wildman–Crippen MR) is 89.8 cm³/mol. The van der Waals surface area contributed by atoms with Crippen molar-refractivity contribution >= 4 is 11.8 Å². The lowest BCUT2D eigenvalue weighted by Crippen LogP contribution is -2.06. The maximum absolute atomic E-state index is 13.0. The summed E-state index contributed by atoms with van der Waals surface area (Å²) in [7, 11) is 1.35. The normalized spacial score (nSPS) is 11.7. The minimum atomic E-state index is -4.47. The zero-order chi connectivity index (χ0) is 19.4. The molecule has 0 unspecified atom stereocenters. The molecular weight excluding hydrogens is 366 g/mol. The van der Waals surface area contributed by atoms with Crippen molar-refractivity contribution in [2.24, 2.45) is 0 Å². The quantitative estimate of drug-likeness (QED) is 0.681. The minimum Gasteiger partial charge on any atom is -0.495 e. The maximum Gasteiger partial charge on any atom is 0.416 e. The average Bonchev–Trinajstić information content (AvgIpc) is 3.10. The van der Waals surface area contributed by atoms with Crippen molar-refractivity contribution in [3.63, 3.8) is 0 Å². The first-order valence-electron chi connectivity index (χ1n) is 7.61. The van der Waals surface area contributed by atoms with Gasteiger partial charge in [-0.15, -0.1) is 5.10 Å². The zero-order valence-electron chi connectivity index (χ0n) is 13.9. The standard InChI is InChI=1S/C17H13F4N5O/c1-27-15-7-2-11(17(19,20)21)10-14(15)22-9-8-16-23-24-25-26(16)13-5-3-12(18)4-6-13/h2-10,22H,1H3/b9-8+. The van der Waals surface area contributed by atoms with Gasteiger partial charge in [0.25, 0.3) is 0 Å². The second-order valence-corrected chi connectivity index (χ2v) is 5.32. The van der Waals surface area contributed by atoms with Crippen molar-refractivity contribution in [2.75, 3.05) is 12.4 Å². The van der Waals surface area contributed by atoms with Gasteiger partial charge in [0.1, 0.15) is 11.6 Å². The third kappa shape index (κ3) is 4.22. The molecule has 2 aromatic carbocycles. The van der Waals surface area contributed by atoms with E-state index >= 15 is 0 Å². The van der Waals surface area contributed by atoms with E-state index in [4.69, 9.17) is 4.74 Å². The molecule has 1 heterocycles. The third-order valence-corrected chi connectivity index (χ3v) is 3.56. The first-order valence-corrected chi connectivity index (χ1v) is 7.61. The summed E-state index contributed by atoms with van der Waals surface area (Å²) in [5.41, 5.74) is -0.155. The van der Waals surface area contributed by atoms with Gasteiger partial charge in [0.15, 0.2) is 5.82 Å². The van der Waals surface area contributed by atoms with Crippen LogP contribution in [0, 0.1) is 5.82 Å². The van der Waals surface area contributed by atoms with Crippen LogP contribution in [0.5, 0.6) is 5.75 Å². The lowest BCUT2D eigenvalue weighted by molar-refractivity contribution is -0.137. The molecule has 0 saturated carbocycles. The number of tetrazole rings is 1. The highest BCUT2D eigenvalue weighted by atomic mass is 19.4. The first kappa shape index (κ1) is 18.4. The number of rotatable bonds is 5. The third-order valence-electron chi connectivity index (χ3n) is 3.56. The van der Waals surface area contributed by atoms with Crippen molar-refractivity contribution in [3.05, 3.63) is 65.9 Å². The fourth-order valence-electron chi connectivity index (χ4n) is 2.27. The van der Waals surface area contributed by atoms with Gasteiger partial charge in [-0.2, -0.15) is 17.9 Å². The average molecular weight is 379 g/mol. The summed E-state index contributed by atoms with van der Waals surface area (Å²) in [6, 6.07) is 8.60. The Bertz CT molecular complexity index is 951. The van der Waals surface area contributed by atoms with Crippen molar-refractivity contribution in [1.29, 1.82) is 0 Å². The van der Waals surface area contributed by atoms with Gasteiger partial charge in [0, 0.05) is 12.3 Å². The number of alkyl halides is 3. The second kappa shape index (κ2) is 7.44. The molecule has 0 bridgehead atoms. The molecule has 140 valence electrons. The first-order chi connectivity index (χ1) is 12.9. The van der Waals surface area contributed by atoms with Crippen LogP contribution >= 0.6 is 0 Å². The molecule has 27 heavy (non-hydrogen) atoms. The summed E-state index contributed by atoms with van der Waals surface area (Å²) in [5.74, 6) is 0.132. The summed E-state index contributed by atoms with van der Waals surface area (Å²) in [4.78, 5) is 0.